The number of nitrogens with zero attached hydrogens (tertiary/aromatic N) is 7. The molecular formula is C33H34N8O3. The minimum atomic E-state index is -0.842. The maximum Gasteiger partial charge on any atom is 0.410 e. The first-order valence-corrected chi connectivity index (χ1v) is 14.1. The highest BCUT2D eigenvalue weighted by molar-refractivity contribution is 5.97. The van der Waals surface area contributed by atoms with Crippen molar-refractivity contribution >= 4 is 39.6 Å². The van der Waals surface area contributed by atoms with Gasteiger partial charge >= 0.3 is 6.09 Å². The molecule has 4 aromatic heterocycles. The maximum atomic E-state index is 13.3. The summed E-state index contributed by atoms with van der Waals surface area (Å²) in [7, 11) is 3.35. The van der Waals surface area contributed by atoms with Crippen LogP contribution in [0.3, 0.4) is 0 Å². The van der Waals surface area contributed by atoms with E-state index in [2.05, 4.69) is 42.2 Å². The Hall–Kier alpha value is -5.37. The lowest BCUT2D eigenvalue weighted by atomic mass is 10.1. The molecule has 224 valence electrons. The summed E-state index contributed by atoms with van der Waals surface area (Å²) in [5, 5.41) is 9.46. The Morgan fingerprint density at radius 2 is 1.80 bits per heavy atom. The van der Waals surface area contributed by atoms with Crippen molar-refractivity contribution in [2.24, 2.45) is 7.05 Å². The van der Waals surface area contributed by atoms with Gasteiger partial charge in [-0.15, -0.1) is 0 Å². The molecule has 0 fully saturated rings. The molecule has 5 rings (SSSR count). The van der Waals surface area contributed by atoms with Gasteiger partial charge in [0.15, 0.2) is 0 Å². The van der Waals surface area contributed by atoms with Crippen LogP contribution >= 0.6 is 0 Å². The molecule has 0 aliphatic carbocycles. The molecular weight excluding hydrogens is 556 g/mol. The van der Waals surface area contributed by atoms with Gasteiger partial charge in [-0.25, -0.2) is 19.7 Å². The topological polar surface area (TPSA) is 128 Å². The van der Waals surface area contributed by atoms with Crippen LogP contribution in [0.5, 0.6) is 0 Å². The average Bonchev–Trinajstić information content (AvgIpc) is 3.27. The van der Waals surface area contributed by atoms with Crippen molar-refractivity contribution in [3.05, 3.63) is 71.6 Å². The van der Waals surface area contributed by atoms with Gasteiger partial charge in [0, 0.05) is 42.5 Å². The Labute approximate surface area is 255 Å². The van der Waals surface area contributed by atoms with Crippen molar-refractivity contribution in [2.75, 3.05) is 12.4 Å². The van der Waals surface area contributed by atoms with E-state index in [-0.39, 0.29) is 5.82 Å². The summed E-state index contributed by atoms with van der Waals surface area (Å²) < 4.78 is 7.16. The zero-order chi connectivity index (χ0) is 31.8. The number of pyridine rings is 2. The van der Waals surface area contributed by atoms with Crippen molar-refractivity contribution in [1.82, 2.24) is 34.6 Å². The predicted octanol–water partition coefficient (Wildman–Crippen LogP) is 5.18. The molecule has 11 nitrogen and oxygen atoms in total. The van der Waals surface area contributed by atoms with E-state index < -0.39 is 23.6 Å². The van der Waals surface area contributed by atoms with Gasteiger partial charge in [0.2, 0.25) is 5.91 Å². The molecule has 0 saturated carbocycles. The van der Waals surface area contributed by atoms with E-state index in [0.29, 0.717) is 17.0 Å². The number of carbonyl (C=O) groups excluding carboxylic acids is 2. The summed E-state index contributed by atoms with van der Waals surface area (Å²) in [6, 6.07) is 10.6. The molecule has 11 heteroatoms. The average molecular weight is 591 g/mol. The summed E-state index contributed by atoms with van der Waals surface area (Å²) in [6.45, 7) is 10.8. The molecule has 1 aromatic carbocycles. The van der Waals surface area contributed by atoms with E-state index in [1.165, 1.54) is 18.3 Å². The second-order valence-corrected chi connectivity index (χ2v) is 11.6. The Morgan fingerprint density at radius 3 is 2.55 bits per heavy atom. The summed E-state index contributed by atoms with van der Waals surface area (Å²) in [5.41, 5.74) is 5.00. The zero-order valence-corrected chi connectivity index (χ0v) is 26.1. The number of anilines is 1. The molecule has 0 bridgehead atoms. The van der Waals surface area contributed by atoms with E-state index in [1.54, 1.807) is 44.6 Å². The molecule has 0 spiro atoms. The first kappa shape index (κ1) is 30.1. The smallest absolute Gasteiger partial charge is 0.410 e. The highest BCUT2D eigenvalue weighted by atomic mass is 16.6. The quantitative estimate of drug-likeness (QED) is 0.284. The van der Waals surface area contributed by atoms with Gasteiger partial charge in [-0.3, -0.25) is 19.4 Å². The molecule has 0 aliphatic heterocycles. The number of nitrogens with one attached hydrogen (secondary N) is 1. The van der Waals surface area contributed by atoms with Crippen molar-refractivity contribution in [3.63, 3.8) is 0 Å². The lowest BCUT2D eigenvalue weighted by molar-refractivity contribution is -0.120. The third-order valence-electron chi connectivity index (χ3n) is 7.08. The fourth-order valence-corrected chi connectivity index (χ4v) is 4.72. The van der Waals surface area contributed by atoms with Gasteiger partial charge in [-0.05, 0) is 83.2 Å². The minimum Gasteiger partial charge on any atom is -0.444 e. The van der Waals surface area contributed by atoms with Gasteiger partial charge in [0.1, 0.15) is 40.5 Å². The molecule has 0 radical (unpaired) electrons. The van der Waals surface area contributed by atoms with E-state index >= 15 is 0 Å². The van der Waals surface area contributed by atoms with Crippen LogP contribution < -0.4 is 5.32 Å². The first-order chi connectivity index (χ1) is 20.8. The Morgan fingerprint density at radius 1 is 1.02 bits per heavy atom. The number of ether oxygens (including phenoxy) is 1. The molecule has 1 unspecified atom stereocenters. The summed E-state index contributed by atoms with van der Waals surface area (Å²) >= 11 is 0. The predicted molar refractivity (Wildman–Crippen MR) is 169 cm³/mol. The number of hydrogen-bond acceptors (Lipinski definition) is 8. The van der Waals surface area contributed by atoms with Crippen molar-refractivity contribution in [2.45, 2.75) is 53.2 Å². The number of amides is 2. The molecule has 1 N–H and O–H groups in total. The van der Waals surface area contributed by atoms with Crippen LogP contribution in [0.15, 0.2) is 48.9 Å². The number of likely N-dealkylation sites (N-methyl/N-ethyl adjacent to an activating group) is 1. The normalized spacial score (nSPS) is 12.0. The highest BCUT2D eigenvalue weighted by Crippen LogP contribution is 2.29. The van der Waals surface area contributed by atoms with Crippen LogP contribution in [-0.2, 0) is 16.6 Å². The fourth-order valence-electron chi connectivity index (χ4n) is 4.72. The van der Waals surface area contributed by atoms with E-state index in [4.69, 9.17) is 4.74 Å². The zero-order valence-electron chi connectivity index (χ0n) is 26.1. The second-order valence-electron chi connectivity index (χ2n) is 11.6. The Kier molecular flexibility index (Phi) is 8.02. The standard InChI is InChI=1S/C33H34N8O3/c1-19-26-12-10-22(15-23(26)13-14-34-19)9-11-25-16-24(29-30-28(35-18-36-29)20(2)39-41(30)8)17-27(37-25)38-31(42)21(3)40(7)32(43)44-33(4,5)6/h10,12-18,21H,1-8H3,(H,37,38,42). The number of aryl methyl sites for hydroxylation is 3. The van der Waals surface area contributed by atoms with E-state index in [1.807, 2.05) is 51.2 Å². The summed E-state index contributed by atoms with van der Waals surface area (Å²) in [4.78, 5) is 45.1. The third-order valence-corrected chi connectivity index (χ3v) is 7.08. The third kappa shape index (κ3) is 6.34. The lowest BCUT2D eigenvalue weighted by Gasteiger charge is -2.28. The van der Waals surface area contributed by atoms with Gasteiger partial charge in [-0.2, -0.15) is 5.10 Å². The number of fused-ring (bicyclic) bond motifs is 2. The minimum absolute atomic E-state index is 0.257. The number of rotatable bonds is 4. The number of carbonyl (C=O) groups is 2. The molecule has 2 amide bonds. The van der Waals surface area contributed by atoms with Gasteiger partial charge in [-0.1, -0.05) is 12.0 Å². The molecule has 1 atom stereocenters. The van der Waals surface area contributed by atoms with Crippen LogP contribution in [0.1, 0.15) is 50.3 Å². The summed E-state index contributed by atoms with van der Waals surface area (Å²) in [5.74, 6) is 6.16. The van der Waals surface area contributed by atoms with Crippen molar-refractivity contribution in [1.29, 1.82) is 0 Å². The van der Waals surface area contributed by atoms with Crippen LogP contribution in [0.4, 0.5) is 10.6 Å². The second kappa shape index (κ2) is 11.7. The van der Waals surface area contributed by atoms with Crippen molar-refractivity contribution < 1.29 is 14.3 Å². The number of hydrogen-bond donors (Lipinski definition) is 1. The number of aromatic nitrogens is 6. The SMILES string of the molecule is Cc1nccc2cc(C#Cc3cc(-c4ncnc5c(C)nn(C)c45)cc(NC(=O)C(C)N(C)C(=O)OC(C)(C)C)n3)ccc12. The van der Waals surface area contributed by atoms with Crippen molar-refractivity contribution in [3.8, 4) is 23.1 Å². The van der Waals surface area contributed by atoms with E-state index in [0.717, 1.165) is 38.8 Å². The van der Waals surface area contributed by atoms with Gasteiger partial charge in [0.05, 0.1) is 11.4 Å². The van der Waals surface area contributed by atoms with Crippen LogP contribution in [0.2, 0.25) is 0 Å². The fraction of sp³-hybridized carbons (Fsp3) is 0.303. The lowest BCUT2D eigenvalue weighted by Crippen LogP contribution is -2.45. The molecule has 0 aliphatic rings. The molecule has 0 saturated heterocycles. The largest absolute Gasteiger partial charge is 0.444 e. The Balaban J connectivity index is 1.54. The van der Waals surface area contributed by atoms with Crippen LogP contribution in [-0.4, -0.2) is 65.3 Å². The Bertz CT molecular complexity index is 1980. The van der Waals surface area contributed by atoms with Crippen LogP contribution in [0, 0.1) is 25.7 Å². The maximum absolute atomic E-state index is 13.3. The molecule has 44 heavy (non-hydrogen) atoms. The monoisotopic (exact) mass is 590 g/mol. The van der Waals surface area contributed by atoms with Crippen LogP contribution in [0.25, 0.3) is 33.1 Å². The first-order valence-electron chi connectivity index (χ1n) is 14.1. The van der Waals surface area contributed by atoms with E-state index in [9.17, 15) is 9.59 Å². The van der Waals surface area contributed by atoms with Gasteiger partial charge < -0.3 is 10.1 Å². The molecule has 5 aromatic rings. The van der Waals surface area contributed by atoms with Gasteiger partial charge in [0.25, 0.3) is 0 Å². The molecule has 4 heterocycles. The number of benzene rings is 1. The summed E-state index contributed by atoms with van der Waals surface area (Å²) in [6.07, 6.45) is 2.66. The highest BCUT2D eigenvalue weighted by Gasteiger charge is 2.27.